The van der Waals surface area contributed by atoms with Crippen molar-refractivity contribution in [2.45, 2.75) is 44.0 Å². The van der Waals surface area contributed by atoms with Crippen molar-refractivity contribution in [3.8, 4) is 0 Å². The molecule has 1 aliphatic heterocycles. The van der Waals surface area contributed by atoms with Crippen molar-refractivity contribution >= 4 is 32.4 Å². The number of aromatic nitrogens is 1. The highest BCUT2D eigenvalue weighted by Crippen LogP contribution is 2.34. The Balaban J connectivity index is 1.51. The summed E-state index contributed by atoms with van der Waals surface area (Å²) in [7, 11) is -3.52. The summed E-state index contributed by atoms with van der Waals surface area (Å²) in [6.45, 7) is 2.76. The Morgan fingerprint density at radius 2 is 2.04 bits per heavy atom. The first-order valence-corrected chi connectivity index (χ1v) is 11.1. The highest BCUT2D eigenvalue weighted by molar-refractivity contribution is 7.89. The maximum atomic E-state index is 12.9. The lowest BCUT2D eigenvalue weighted by Crippen LogP contribution is -2.35. The highest BCUT2D eigenvalue weighted by Gasteiger charge is 2.32. The Bertz CT molecular complexity index is 931. The Morgan fingerprint density at radius 3 is 2.69 bits per heavy atom. The van der Waals surface area contributed by atoms with E-state index in [1.54, 1.807) is 12.1 Å². The summed E-state index contributed by atoms with van der Waals surface area (Å²) >= 11 is 1.38. The minimum absolute atomic E-state index is 0.0246. The van der Waals surface area contributed by atoms with E-state index < -0.39 is 10.0 Å². The number of nitrogens with one attached hydrogen (secondary N) is 1. The van der Waals surface area contributed by atoms with E-state index in [-0.39, 0.29) is 11.8 Å². The molecule has 0 radical (unpaired) electrons. The fourth-order valence-electron chi connectivity index (χ4n) is 3.03. The molecule has 1 amide bonds. The minimum Gasteiger partial charge on any atom is -0.302 e. The third kappa shape index (κ3) is 3.41. The van der Waals surface area contributed by atoms with E-state index in [1.165, 1.54) is 15.6 Å². The van der Waals surface area contributed by atoms with Crippen LogP contribution < -0.4 is 5.32 Å². The van der Waals surface area contributed by atoms with Crippen LogP contribution >= 0.6 is 11.3 Å². The molecular formula is C18H21N3O3S2. The smallest absolute Gasteiger partial charge is 0.243 e. The van der Waals surface area contributed by atoms with Crippen LogP contribution in [-0.2, 0) is 34.2 Å². The van der Waals surface area contributed by atoms with E-state index in [1.807, 2.05) is 19.1 Å². The van der Waals surface area contributed by atoms with Gasteiger partial charge in [0.2, 0.25) is 15.9 Å². The van der Waals surface area contributed by atoms with Gasteiger partial charge in [-0.25, -0.2) is 13.4 Å². The van der Waals surface area contributed by atoms with Gasteiger partial charge in [0, 0.05) is 23.8 Å². The third-order valence-electron chi connectivity index (χ3n) is 4.84. The Kier molecular flexibility index (Phi) is 4.58. The van der Waals surface area contributed by atoms with Crippen molar-refractivity contribution < 1.29 is 13.2 Å². The van der Waals surface area contributed by atoms with Crippen molar-refractivity contribution in [1.29, 1.82) is 0 Å². The van der Waals surface area contributed by atoms with E-state index in [4.69, 9.17) is 0 Å². The number of nitrogens with zero attached hydrogens (tertiary/aromatic N) is 2. The molecule has 0 saturated heterocycles. The minimum atomic E-state index is -3.52. The highest BCUT2D eigenvalue weighted by atomic mass is 32.2. The molecular weight excluding hydrogens is 370 g/mol. The number of fused-ring (bicyclic) bond motifs is 1. The van der Waals surface area contributed by atoms with Crippen LogP contribution in [0, 0.1) is 5.92 Å². The van der Waals surface area contributed by atoms with Crippen LogP contribution in [0.2, 0.25) is 0 Å². The van der Waals surface area contributed by atoms with Gasteiger partial charge in [-0.2, -0.15) is 4.31 Å². The van der Waals surface area contributed by atoms with E-state index in [2.05, 4.69) is 10.3 Å². The molecule has 0 atom stereocenters. The number of amides is 1. The molecule has 4 rings (SSSR count). The molecule has 1 aromatic carbocycles. The Labute approximate surface area is 157 Å². The van der Waals surface area contributed by atoms with Gasteiger partial charge in [-0.3, -0.25) is 4.79 Å². The predicted octanol–water partition coefficient (Wildman–Crippen LogP) is 2.80. The second-order valence-corrected chi connectivity index (χ2v) is 9.76. The molecule has 0 unspecified atom stereocenters. The van der Waals surface area contributed by atoms with Crippen molar-refractivity contribution in [3.05, 3.63) is 40.4 Å². The second kappa shape index (κ2) is 6.75. The number of aryl methyl sites for hydroxylation is 1. The maximum Gasteiger partial charge on any atom is 0.243 e. The number of hydrogen-bond donors (Lipinski definition) is 1. The molecule has 1 aliphatic carbocycles. The van der Waals surface area contributed by atoms with E-state index in [0.717, 1.165) is 35.4 Å². The van der Waals surface area contributed by atoms with E-state index in [9.17, 15) is 13.2 Å². The van der Waals surface area contributed by atoms with Crippen molar-refractivity contribution in [3.63, 3.8) is 0 Å². The second-order valence-electron chi connectivity index (χ2n) is 6.74. The summed E-state index contributed by atoms with van der Waals surface area (Å²) in [6, 6.07) is 7.08. The fourth-order valence-corrected chi connectivity index (χ4v) is 5.55. The molecule has 2 aliphatic rings. The van der Waals surface area contributed by atoms with Gasteiger partial charge in [0.25, 0.3) is 0 Å². The summed E-state index contributed by atoms with van der Waals surface area (Å²) in [5, 5.41) is 3.44. The number of carbonyl (C=O) groups excluding carboxylic acids is 1. The number of hydrogen-bond acceptors (Lipinski definition) is 5. The van der Waals surface area contributed by atoms with Gasteiger partial charge < -0.3 is 5.32 Å². The molecule has 2 aromatic rings. The fraction of sp³-hybridized carbons (Fsp3) is 0.444. The SMILES string of the molecule is CCc1ccc(S(=O)(=O)N2CCc3nc(NC(=O)C4CC4)sc3C2)cc1. The van der Waals surface area contributed by atoms with Crippen LogP contribution in [0.3, 0.4) is 0 Å². The molecule has 138 valence electrons. The van der Waals surface area contributed by atoms with Gasteiger partial charge in [0.1, 0.15) is 0 Å². The monoisotopic (exact) mass is 391 g/mol. The molecule has 8 heteroatoms. The lowest BCUT2D eigenvalue weighted by atomic mass is 10.2. The average molecular weight is 392 g/mol. The summed E-state index contributed by atoms with van der Waals surface area (Å²) in [5.41, 5.74) is 2.01. The van der Waals surface area contributed by atoms with Gasteiger partial charge >= 0.3 is 0 Å². The summed E-state index contributed by atoms with van der Waals surface area (Å²) in [6.07, 6.45) is 3.33. The number of rotatable bonds is 5. The lowest BCUT2D eigenvalue weighted by molar-refractivity contribution is -0.117. The van der Waals surface area contributed by atoms with Crippen molar-refractivity contribution in [2.24, 2.45) is 5.92 Å². The first kappa shape index (κ1) is 17.6. The number of thiazole rings is 1. The predicted molar refractivity (Wildman–Crippen MR) is 101 cm³/mol. The van der Waals surface area contributed by atoms with Gasteiger partial charge in [0.05, 0.1) is 17.1 Å². The van der Waals surface area contributed by atoms with Gasteiger partial charge in [-0.1, -0.05) is 19.1 Å². The van der Waals surface area contributed by atoms with Crippen LogP contribution in [0.4, 0.5) is 5.13 Å². The topological polar surface area (TPSA) is 79.4 Å². The van der Waals surface area contributed by atoms with Crippen LogP contribution in [0.15, 0.2) is 29.2 Å². The van der Waals surface area contributed by atoms with Crippen LogP contribution in [0.5, 0.6) is 0 Å². The van der Waals surface area contributed by atoms with Gasteiger partial charge in [0.15, 0.2) is 5.13 Å². The molecule has 1 fully saturated rings. The largest absolute Gasteiger partial charge is 0.302 e. The zero-order valence-electron chi connectivity index (χ0n) is 14.6. The van der Waals surface area contributed by atoms with Crippen molar-refractivity contribution in [2.75, 3.05) is 11.9 Å². The molecule has 0 bridgehead atoms. The summed E-state index contributed by atoms with van der Waals surface area (Å²) in [5.74, 6) is 0.149. The first-order chi connectivity index (χ1) is 12.5. The lowest BCUT2D eigenvalue weighted by Gasteiger charge is -2.25. The number of carbonyl (C=O) groups is 1. The first-order valence-electron chi connectivity index (χ1n) is 8.86. The normalized spacial score (nSPS) is 17.7. The number of benzene rings is 1. The van der Waals surface area contributed by atoms with Crippen LogP contribution in [0.1, 0.15) is 35.9 Å². The molecule has 0 spiro atoms. The van der Waals surface area contributed by atoms with E-state index in [0.29, 0.717) is 29.5 Å². The molecule has 2 heterocycles. The van der Waals surface area contributed by atoms with Crippen LogP contribution in [-0.4, -0.2) is 30.2 Å². The maximum absolute atomic E-state index is 12.9. The zero-order chi connectivity index (χ0) is 18.3. The molecule has 1 saturated carbocycles. The van der Waals surface area contributed by atoms with Gasteiger partial charge in [-0.15, -0.1) is 11.3 Å². The molecule has 1 N–H and O–H groups in total. The Hall–Kier alpha value is -1.77. The number of anilines is 1. The van der Waals surface area contributed by atoms with Gasteiger partial charge in [-0.05, 0) is 37.0 Å². The summed E-state index contributed by atoms with van der Waals surface area (Å²) in [4.78, 5) is 17.6. The van der Waals surface area contributed by atoms with Crippen molar-refractivity contribution in [1.82, 2.24) is 9.29 Å². The molecule has 26 heavy (non-hydrogen) atoms. The van der Waals surface area contributed by atoms with Crippen LogP contribution in [0.25, 0.3) is 0 Å². The quantitative estimate of drug-likeness (QED) is 0.850. The molecule has 1 aromatic heterocycles. The standard InChI is InChI=1S/C18H21N3O3S2/c1-2-12-3-7-14(8-4-12)26(23,24)21-10-9-15-16(11-21)25-18(19-15)20-17(22)13-5-6-13/h3-4,7-8,13H,2,5-6,9-11H2,1H3,(H,19,20,22). The van der Waals surface area contributed by atoms with E-state index >= 15 is 0 Å². The summed E-state index contributed by atoms with van der Waals surface area (Å²) < 4.78 is 27.3. The number of sulfonamides is 1. The zero-order valence-corrected chi connectivity index (χ0v) is 16.2. The third-order valence-corrected chi connectivity index (χ3v) is 7.70. The Morgan fingerprint density at radius 1 is 1.31 bits per heavy atom. The molecule has 6 nitrogen and oxygen atoms in total. The average Bonchev–Trinajstić information content (AvgIpc) is 3.42.